The van der Waals surface area contributed by atoms with Crippen LogP contribution in [0.2, 0.25) is 0 Å². The summed E-state index contributed by atoms with van der Waals surface area (Å²) in [6.07, 6.45) is 1.38. The lowest BCUT2D eigenvalue weighted by molar-refractivity contribution is -0.127. The van der Waals surface area contributed by atoms with Crippen LogP contribution in [0.3, 0.4) is 0 Å². The van der Waals surface area contributed by atoms with Crippen LogP contribution >= 0.6 is 11.3 Å². The topological polar surface area (TPSA) is 79.0 Å². The van der Waals surface area contributed by atoms with Crippen LogP contribution in [-0.2, 0) is 19.6 Å². The Morgan fingerprint density at radius 1 is 1.19 bits per heavy atom. The lowest BCUT2D eigenvalue weighted by Crippen LogP contribution is -2.48. The minimum Gasteiger partial charge on any atom is -0.379 e. The number of aryl methyl sites for hydroxylation is 1. The predicted molar refractivity (Wildman–Crippen MR) is 125 cm³/mol. The van der Waals surface area contributed by atoms with Crippen LogP contribution in [0.4, 0.5) is 0 Å². The van der Waals surface area contributed by atoms with E-state index >= 15 is 0 Å². The highest BCUT2D eigenvalue weighted by molar-refractivity contribution is 7.91. The van der Waals surface area contributed by atoms with E-state index < -0.39 is 10.0 Å². The minimum atomic E-state index is -3.54. The molecule has 1 N–H and O–H groups in total. The summed E-state index contributed by atoms with van der Waals surface area (Å²) in [6.45, 7) is 6.53. The number of ether oxygens (including phenoxy) is 1. The van der Waals surface area contributed by atoms with Gasteiger partial charge in [0.25, 0.3) is 10.0 Å². The highest BCUT2D eigenvalue weighted by atomic mass is 32.2. The third-order valence-electron chi connectivity index (χ3n) is 6.18. The van der Waals surface area contributed by atoms with E-state index in [1.165, 1.54) is 21.2 Å². The zero-order chi connectivity index (χ0) is 22.6. The maximum Gasteiger partial charge on any atom is 0.252 e. The first-order chi connectivity index (χ1) is 15.4. The molecule has 2 atom stereocenters. The second-order valence-corrected chi connectivity index (χ2v) is 11.6. The normalized spacial score (nSPS) is 21.8. The van der Waals surface area contributed by atoms with Gasteiger partial charge in [-0.05, 0) is 36.8 Å². The van der Waals surface area contributed by atoms with Gasteiger partial charge in [-0.15, -0.1) is 11.3 Å². The Morgan fingerprint density at radius 2 is 1.94 bits per heavy atom. The van der Waals surface area contributed by atoms with Crippen LogP contribution in [0.1, 0.15) is 30.0 Å². The Hall–Kier alpha value is -1.78. The van der Waals surface area contributed by atoms with Crippen LogP contribution in [0, 0.1) is 12.8 Å². The number of hydrogen-bond donors (Lipinski definition) is 1. The summed E-state index contributed by atoms with van der Waals surface area (Å²) < 4.78 is 33.1. The van der Waals surface area contributed by atoms with Gasteiger partial charge in [0.2, 0.25) is 5.91 Å². The van der Waals surface area contributed by atoms with Crippen LogP contribution in [0.25, 0.3) is 0 Å². The summed E-state index contributed by atoms with van der Waals surface area (Å²) in [6, 6.07) is 11.5. The van der Waals surface area contributed by atoms with Crippen LogP contribution in [0.5, 0.6) is 0 Å². The molecule has 3 heterocycles. The van der Waals surface area contributed by atoms with E-state index in [1.807, 2.05) is 6.92 Å². The zero-order valence-electron chi connectivity index (χ0n) is 18.4. The van der Waals surface area contributed by atoms with Gasteiger partial charge >= 0.3 is 0 Å². The van der Waals surface area contributed by atoms with Gasteiger partial charge in [0, 0.05) is 32.7 Å². The first kappa shape index (κ1) is 23.4. The highest BCUT2D eigenvalue weighted by Gasteiger charge is 2.34. The first-order valence-electron chi connectivity index (χ1n) is 11.1. The Bertz CT molecular complexity index is 987. The number of benzene rings is 1. The van der Waals surface area contributed by atoms with Crippen molar-refractivity contribution in [2.75, 3.05) is 45.9 Å². The molecular formula is C23H31N3O4S2. The lowest BCUT2D eigenvalue weighted by atomic mass is 9.97. The molecule has 0 radical (unpaired) electrons. The van der Waals surface area contributed by atoms with Crippen molar-refractivity contribution < 1.29 is 17.9 Å². The van der Waals surface area contributed by atoms with Gasteiger partial charge in [0.1, 0.15) is 4.21 Å². The van der Waals surface area contributed by atoms with Gasteiger partial charge in [0.05, 0.1) is 25.2 Å². The van der Waals surface area contributed by atoms with Gasteiger partial charge in [-0.3, -0.25) is 9.69 Å². The van der Waals surface area contributed by atoms with E-state index in [0.717, 1.165) is 18.7 Å². The number of nitrogens with zero attached hydrogens (tertiary/aromatic N) is 2. The third-order valence-corrected chi connectivity index (χ3v) is 9.42. The monoisotopic (exact) mass is 477 g/mol. The average Bonchev–Trinajstić information content (AvgIpc) is 3.36. The van der Waals surface area contributed by atoms with Gasteiger partial charge in [-0.1, -0.05) is 35.9 Å². The number of thiophene rings is 1. The van der Waals surface area contributed by atoms with E-state index in [0.29, 0.717) is 43.4 Å². The number of hydrogen-bond acceptors (Lipinski definition) is 6. The van der Waals surface area contributed by atoms with E-state index in [4.69, 9.17) is 4.74 Å². The Labute approximate surface area is 194 Å². The van der Waals surface area contributed by atoms with Crippen LogP contribution < -0.4 is 5.32 Å². The standard InChI is InChI=1S/C23H31N3O4S2/c1-18-6-8-19(9-7-18)21(17-25-11-13-30-14-12-25)24-23(27)20-4-2-10-26(16-20)32(28,29)22-5-3-15-31-22/h3,5-9,15,20-21H,2,4,10-14,16-17H2,1H3,(H,24,27)/t20-,21+/m0/s1. The molecular weight excluding hydrogens is 446 g/mol. The predicted octanol–water partition coefficient (Wildman–Crippen LogP) is 2.65. The molecule has 32 heavy (non-hydrogen) atoms. The fourth-order valence-corrected chi connectivity index (χ4v) is 6.95. The summed E-state index contributed by atoms with van der Waals surface area (Å²) in [4.78, 5) is 15.6. The number of piperidine rings is 1. The molecule has 174 valence electrons. The van der Waals surface area contributed by atoms with Crippen molar-refractivity contribution >= 4 is 27.3 Å². The SMILES string of the molecule is Cc1ccc([C@@H](CN2CCOCC2)NC(=O)[C@H]2CCCN(S(=O)(=O)c3cccs3)C2)cc1. The van der Waals surface area contributed by atoms with E-state index in [-0.39, 0.29) is 24.4 Å². The molecule has 1 aromatic heterocycles. The summed E-state index contributed by atoms with van der Waals surface area (Å²) in [7, 11) is -3.54. The Morgan fingerprint density at radius 3 is 2.62 bits per heavy atom. The first-order valence-corrected chi connectivity index (χ1v) is 13.5. The van der Waals surface area contributed by atoms with E-state index in [9.17, 15) is 13.2 Å². The average molecular weight is 478 g/mol. The number of carbonyl (C=O) groups excluding carboxylic acids is 1. The fraction of sp³-hybridized carbons (Fsp3) is 0.522. The Balaban J connectivity index is 1.46. The maximum absolute atomic E-state index is 13.3. The number of carbonyl (C=O) groups is 1. The smallest absolute Gasteiger partial charge is 0.252 e. The Kier molecular flexibility index (Phi) is 7.63. The third kappa shape index (κ3) is 5.58. The maximum atomic E-state index is 13.3. The molecule has 2 fully saturated rings. The van der Waals surface area contributed by atoms with Crippen molar-refractivity contribution in [3.8, 4) is 0 Å². The van der Waals surface area contributed by atoms with Crippen molar-refractivity contribution in [2.24, 2.45) is 5.92 Å². The van der Waals surface area contributed by atoms with Gasteiger partial charge in [-0.25, -0.2) is 8.42 Å². The number of sulfonamides is 1. The molecule has 4 rings (SSSR count). The summed E-state index contributed by atoms with van der Waals surface area (Å²) >= 11 is 1.22. The lowest BCUT2D eigenvalue weighted by Gasteiger charge is -2.34. The molecule has 2 saturated heterocycles. The summed E-state index contributed by atoms with van der Waals surface area (Å²) in [5.41, 5.74) is 2.24. The molecule has 2 aliphatic heterocycles. The highest BCUT2D eigenvalue weighted by Crippen LogP contribution is 2.27. The van der Waals surface area contributed by atoms with Crippen LogP contribution in [-0.4, -0.2) is 69.5 Å². The van der Waals surface area contributed by atoms with Crippen molar-refractivity contribution in [2.45, 2.75) is 30.0 Å². The second-order valence-electron chi connectivity index (χ2n) is 8.52. The van der Waals surface area contributed by atoms with Gasteiger partial charge in [0.15, 0.2) is 0 Å². The molecule has 2 aromatic rings. The van der Waals surface area contributed by atoms with E-state index in [2.05, 4.69) is 34.5 Å². The molecule has 7 nitrogen and oxygen atoms in total. The molecule has 1 amide bonds. The van der Waals surface area contributed by atoms with E-state index in [1.54, 1.807) is 17.5 Å². The molecule has 1 aromatic carbocycles. The van der Waals surface area contributed by atoms with Crippen molar-refractivity contribution in [1.82, 2.24) is 14.5 Å². The number of amides is 1. The van der Waals surface area contributed by atoms with Gasteiger partial charge in [-0.2, -0.15) is 4.31 Å². The molecule has 0 unspecified atom stereocenters. The summed E-state index contributed by atoms with van der Waals surface area (Å²) in [5, 5.41) is 5.00. The van der Waals surface area contributed by atoms with Crippen LogP contribution in [0.15, 0.2) is 46.0 Å². The minimum absolute atomic E-state index is 0.0742. The number of rotatable bonds is 7. The van der Waals surface area contributed by atoms with Gasteiger partial charge < -0.3 is 10.1 Å². The number of nitrogens with one attached hydrogen (secondary N) is 1. The largest absolute Gasteiger partial charge is 0.379 e. The molecule has 0 saturated carbocycles. The molecule has 0 bridgehead atoms. The molecule has 9 heteroatoms. The number of morpholine rings is 1. The van der Waals surface area contributed by atoms with Crippen molar-refractivity contribution in [3.05, 3.63) is 52.9 Å². The molecule has 2 aliphatic rings. The molecule has 0 spiro atoms. The molecule has 0 aliphatic carbocycles. The summed E-state index contributed by atoms with van der Waals surface area (Å²) in [5.74, 6) is -0.425. The van der Waals surface area contributed by atoms with Crippen molar-refractivity contribution in [1.29, 1.82) is 0 Å². The second kappa shape index (κ2) is 10.4. The fourth-order valence-electron chi connectivity index (χ4n) is 4.28. The van der Waals surface area contributed by atoms with Crippen molar-refractivity contribution in [3.63, 3.8) is 0 Å². The zero-order valence-corrected chi connectivity index (χ0v) is 20.0. The quantitative estimate of drug-likeness (QED) is 0.663.